The van der Waals surface area contributed by atoms with Crippen LogP contribution in [0.2, 0.25) is 0 Å². The van der Waals surface area contributed by atoms with Crippen LogP contribution in [0.25, 0.3) is 0 Å². The van der Waals surface area contributed by atoms with Gasteiger partial charge in [-0.05, 0) is 37.6 Å². The first-order chi connectivity index (χ1) is 6.25. The molecule has 13 heavy (non-hydrogen) atoms. The molecule has 0 amide bonds. The van der Waals surface area contributed by atoms with E-state index in [-0.39, 0.29) is 0 Å². The summed E-state index contributed by atoms with van der Waals surface area (Å²) in [5, 5.41) is 0. The van der Waals surface area contributed by atoms with E-state index in [9.17, 15) is 0 Å². The van der Waals surface area contributed by atoms with Gasteiger partial charge in [-0.25, -0.2) is 0 Å². The molecule has 3 atom stereocenters. The monoisotopic (exact) mass is 179 g/mol. The van der Waals surface area contributed by atoms with Gasteiger partial charge in [-0.15, -0.1) is 0 Å². The first-order valence-electron chi connectivity index (χ1n) is 5.61. The summed E-state index contributed by atoms with van der Waals surface area (Å²) in [6.07, 6.45) is 9.07. The van der Waals surface area contributed by atoms with Gasteiger partial charge in [0.25, 0.3) is 0 Å². The average molecular weight is 179 g/mol. The summed E-state index contributed by atoms with van der Waals surface area (Å²) in [6.45, 7) is 4.99. The van der Waals surface area contributed by atoms with E-state index in [4.69, 9.17) is 0 Å². The lowest BCUT2D eigenvalue weighted by molar-refractivity contribution is 0.361. The molecule has 1 fully saturated rings. The maximum atomic E-state index is 2.48. The highest BCUT2D eigenvalue weighted by atomic mass is 15.1. The van der Waals surface area contributed by atoms with Gasteiger partial charge in [-0.2, -0.15) is 0 Å². The first-order valence-corrected chi connectivity index (χ1v) is 5.61. The summed E-state index contributed by atoms with van der Waals surface area (Å²) >= 11 is 0. The number of likely N-dealkylation sites (tertiary alicyclic amines) is 1. The first kappa shape index (κ1) is 9.26. The number of hydrogen-bond donors (Lipinski definition) is 0. The van der Waals surface area contributed by atoms with E-state index in [0.717, 1.165) is 17.8 Å². The SMILES string of the molecule is CC1CC=CC2CN(C)CC2CC1. The minimum Gasteiger partial charge on any atom is -0.305 e. The molecular weight excluding hydrogens is 158 g/mol. The molecule has 0 aromatic rings. The lowest BCUT2D eigenvalue weighted by Crippen LogP contribution is -2.14. The predicted octanol–water partition coefficient (Wildman–Crippen LogP) is 2.54. The zero-order valence-electron chi connectivity index (χ0n) is 8.87. The van der Waals surface area contributed by atoms with Gasteiger partial charge in [0.05, 0.1) is 0 Å². The van der Waals surface area contributed by atoms with Crippen molar-refractivity contribution >= 4 is 0 Å². The number of allylic oxidation sites excluding steroid dienone is 1. The molecule has 0 radical (unpaired) electrons. The number of hydrogen-bond acceptors (Lipinski definition) is 1. The van der Waals surface area contributed by atoms with E-state index in [1.54, 1.807) is 0 Å². The molecule has 0 bridgehead atoms. The molecule has 2 aliphatic rings. The zero-order chi connectivity index (χ0) is 9.26. The third-order valence-electron chi connectivity index (χ3n) is 3.63. The Kier molecular flexibility index (Phi) is 2.73. The fraction of sp³-hybridized carbons (Fsp3) is 0.833. The van der Waals surface area contributed by atoms with E-state index >= 15 is 0 Å². The zero-order valence-corrected chi connectivity index (χ0v) is 8.87. The normalized spacial score (nSPS) is 41.2. The van der Waals surface area contributed by atoms with Gasteiger partial charge in [0.15, 0.2) is 0 Å². The minimum atomic E-state index is 0.859. The van der Waals surface area contributed by atoms with Crippen molar-refractivity contribution in [1.29, 1.82) is 0 Å². The van der Waals surface area contributed by atoms with Crippen LogP contribution in [0, 0.1) is 17.8 Å². The van der Waals surface area contributed by atoms with Gasteiger partial charge in [-0.3, -0.25) is 0 Å². The molecule has 0 N–H and O–H groups in total. The summed E-state index contributed by atoms with van der Waals surface area (Å²) in [7, 11) is 2.25. The van der Waals surface area contributed by atoms with Crippen LogP contribution < -0.4 is 0 Å². The van der Waals surface area contributed by atoms with Crippen LogP contribution in [0.1, 0.15) is 26.2 Å². The van der Waals surface area contributed by atoms with Crippen molar-refractivity contribution in [2.45, 2.75) is 26.2 Å². The Morgan fingerprint density at radius 2 is 2.08 bits per heavy atom. The molecule has 1 aliphatic heterocycles. The largest absolute Gasteiger partial charge is 0.305 e. The van der Waals surface area contributed by atoms with E-state index in [2.05, 4.69) is 31.0 Å². The topological polar surface area (TPSA) is 3.24 Å². The molecule has 0 aromatic carbocycles. The van der Waals surface area contributed by atoms with Crippen molar-refractivity contribution in [2.24, 2.45) is 17.8 Å². The van der Waals surface area contributed by atoms with Gasteiger partial charge < -0.3 is 4.90 Å². The maximum Gasteiger partial charge on any atom is 0.00445 e. The Bertz CT molecular complexity index is 197. The lowest BCUT2D eigenvalue weighted by Gasteiger charge is -2.20. The Morgan fingerprint density at radius 1 is 1.23 bits per heavy atom. The summed E-state index contributed by atoms with van der Waals surface area (Å²) < 4.78 is 0. The van der Waals surface area contributed by atoms with Crippen LogP contribution in [0.4, 0.5) is 0 Å². The lowest BCUT2D eigenvalue weighted by atomic mass is 9.85. The Hall–Kier alpha value is -0.300. The summed E-state index contributed by atoms with van der Waals surface area (Å²) in [5.74, 6) is 2.71. The van der Waals surface area contributed by atoms with Gasteiger partial charge in [-0.1, -0.05) is 25.5 Å². The molecule has 1 saturated heterocycles. The van der Waals surface area contributed by atoms with Gasteiger partial charge >= 0.3 is 0 Å². The quantitative estimate of drug-likeness (QED) is 0.517. The van der Waals surface area contributed by atoms with Crippen LogP contribution in [0.15, 0.2) is 12.2 Å². The highest BCUT2D eigenvalue weighted by Gasteiger charge is 2.29. The van der Waals surface area contributed by atoms with Crippen molar-refractivity contribution in [2.75, 3.05) is 20.1 Å². The summed E-state index contributed by atoms with van der Waals surface area (Å²) in [6, 6.07) is 0. The second-order valence-electron chi connectivity index (χ2n) is 4.99. The molecule has 1 nitrogen and oxygen atoms in total. The summed E-state index contributed by atoms with van der Waals surface area (Å²) in [5.41, 5.74) is 0. The van der Waals surface area contributed by atoms with Crippen LogP contribution in [0.5, 0.6) is 0 Å². The second-order valence-corrected chi connectivity index (χ2v) is 4.99. The molecule has 2 rings (SSSR count). The molecule has 0 spiro atoms. The van der Waals surface area contributed by atoms with Crippen LogP contribution >= 0.6 is 0 Å². The van der Waals surface area contributed by atoms with Crippen LogP contribution in [0.3, 0.4) is 0 Å². The minimum absolute atomic E-state index is 0.859. The highest BCUT2D eigenvalue weighted by Crippen LogP contribution is 2.31. The fourth-order valence-electron chi connectivity index (χ4n) is 2.74. The molecule has 0 saturated carbocycles. The van der Waals surface area contributed by atoms with E-state index < -0.39 is 0 Å². The second kappa shape index (κ2) is 3.83. The Balaban J connectivity index is 2.02. The molecule has 3 unspecified atom stereocenters. The average Bonchev–Trinajstić information content (AvgIpc) is 2.40. The molecular formula is C12H21N. The number of rotatable bonds is 0. The number of nitrogens with zero attached hydrogens (tertiary/aromatic N) is 1. The van der Waals surface area contributed by atoms with Crippen molar-refractivity contribution in [1.82, 2.24) is 4.90 Å². The molecule has 0 aromatic heterocycles. The van der Waals surface area contributed by atoms with Crippen molar-refractivity contribution in [3.63, 3.8) is 0 Å². The Labute approximate surface area is 81.8 Å². The van der Waals surface area contributed by atoms with E-state index in [1.807, 2.05) is 0 Å². The van der Waals surface area contributed by atoms with Gasteiger partial charge in [0, 0.05) is 13.1 Å². The molecule has 1 aliphatic carbocycles. The van der Waals surface area contributed by atoms with Crippen LogP contribution in [-0.4, -0.2) is 25.0 Å². The standard InChI is InChI=1S/C12H21N/c1-10-4-3-5-11-8-13(2)9-12(11)7-6-10/h3,5,10-12H,4,6-9H2,1-2H3. The van der Waals surface area contributed by atoms with Crippen molar-refractivity contribution in [3.05, 3.63) is 12.2 Å². The third-order valence-corrected chi connectivity index (χ3v) is 3.63. The van der Waals surface area contributed by atoms with Crippen molar-refractivity contribution < 1.29 is 0 Å². The highest BCUT2D eigenvalue weighted by molar-refractivity contribution is 4.99. The third kappa shape index (κ3) is 2.14. The molecule has 1 heteroatoms. The van der Waals surface area contributed by atoms with Crippen LogP contribution in [-0.2, 0) is 0 Å². The Morgan fingerprint density at radius 3 is 2.92 bits per heavy atom. The van der Waals surface area contributed by atoms with Crippen molar-refractivity contribution in [3.8, 4) is 0 Å². The van der Waals surface area contributed by atoms with E-state index in [1.165, 1.54) is 32.4 Å². The fourth-order valence-corrected chi connectivity index (χ4v) is 2.74. The predicted molar refractivity (Wildman–Crippen MR) is 56.6 cm³/mol. The number of fused-ring (bicyclic) bond motifs is 1. The smallest absolute Gasteiger partial charge is 0.00445 e. The summed E-state index contributed by atoms with van der Waals surface area (Å²) in [4.78, 5) is 2.48. The van der Waals surface area contributed by atoms with E-state index in [0.29, 0.717) is 0 Å². The van der Waals surface area contributed by atoms with Gasteiger partial charge in [0.2, 0.25) is 0 Å². The maximum absolute atomic E-state index is 2.48. The molecule has 1 heterocycles. The van der Waals surface area contributed by atoms with Gasteiger partial charge in [0.1, 0.15) is 0 Å². The molecule has 74 valence electrons.